The topological polar surface area (TPSA) is 66.8 Å². The molecule has 0 bridgehead atoms. The molecule has 1 aromatic rings. The fourth-order valence-corrected chi connectivity index (χ4v) is 2.03. The lowest BCUT2D eigenvalue weighted by Crippen LogP contribution is -2.46. The molecule has 1 amide bonds. The van der Waals surface area contributed by atoms with E-state index in [9.17, 15) is 14.0 Å². The third kappa shape index (κ3) is 3.29. The molecule has 1 saturated heterocycles. The van der Waals surface area contributed by atoms with Crippen LogP contribution in [-0.4, -0.2) is 47.7 Å². The van der Waals surface area contributed by atoms with Gasteiger partial charge in [-0.15, -0.1) is 0 Å². The highest BCUT2D eigenvalue weighted by molar-refractivity contribution is 5.94. The van der Waals surface area contributed by atoms with Gasteiger partial charge in [0.05, 0.1) is 24.7 Å². The fraction of sp³-hybridized carbons (Fsp3) is 0.385. The van der Waals surface area contributed by atoms with E-state index < -0.39 is 23.8 Å². The Kier molecular flexibility index (Phi) is 4.11. The summed E-state index contributed by atoms with van der Waals surface area (Å²) in [7, 11) is 0. The Morgan fingerprint density at radius 3 is 2.84 bits per heavy atom. The minimum Gasteiger partial charge on any atom is -0.481 e. The Balaban J connectivity index is 2.07. The lowest BCUT2D eigenvalue weighted by molar-refractivity contribution is -0.141. The molecular formula is C13H14FNO4. The van der Waals surface area contributed by atoms with Crippen LogP contribution in [0.15, 0.2) is 24.3 Å². The number of carboxylic acid groups (broad SMARTS) is 1. The minimum atomic E-state index is -0.981. The molecule has 102 valence electrons. The molecule has 1 aromatic carbocycles. The summed E-state index contributed by atoms with van der Waals surface area (Å²) in [5.74, 6) is -1.99. The number of rotatable bonds is 3. The van der Waals surface area contributed by atoms with Crippen LogP contribution in [-0.2, 0) is 9.53 Å². The zero-order chi connectivity index (χ0) is 13.8. The number of aliphatic carboxylic acids is 1. The van der Waals surface area contributed by atoms with Gasteiger partial charge in [0.25, 0.3) is 5.91 Å². The second-order valence-corrected chi connectivity index (χ2v) is 4.32. The molecule has 0 aromatic heterocycles. The summed E-state index contributed by atoms with van der Waals surface area (Å²) in [4.78, 5) is 24.2. The lowest BCUT2D eigenvalue weighted by Gasteiger charge is -2.32. The van der Waals surface area contributed by atoms with E-state index in [1.54, 1.807) is 6.07 Å². The third-order valence-electron chi connectivity index (χ3n) is 2.93. The summed E-state index contributed by atoms with van der Waals surface area (Å²) in [6, 6.07) is 5.74. The van der Waals surface area contributed by atoms with Crippen molar-refractivity contribution in [3.05, 3.63) is 35.6 Å². The van der Waals surface area contributed by atoms with Crippen LogP contribution in [0, 0.1) is 5.82 Å². The molecule has 1 heterocycles. The molecule has 1 aliphatic rings. The average molecular weight is 267 g/mol. The predicted molar refractivity (Wildman–Crippen MR) is 64.3 cm³/mol. The van der Waals surface area contributed by atoms with E-state index in [4.69, 9.17) is 9.84 Å². The molecule has 1 aliphatic heterocycles. The van der Waals surface area contributed by atoms with Gasteiger partial charge in [0.15, 0.2) is 0 Å². The standard InChI is InChI=1S/C13H14FNO4/c14-11-4-2-1-3-10(11)13(18)15-5-6-19-9(8-15)7-12(16)17/h1-4,9H,5-8H2,(H,16,17). The molecule has 0 spiro atoms. The SMILES string of the molecule is O=C(O)CC1CN(C(=O)c2ccccc2F)CCO1. The van der Waals surface area contributed by atoms with E-state index in [1.165, 1.54) is 23.1 Å². The zero-order valence-corrected chi connectivity index (χ0v) is 10.2. The number of halogens is 1. The molecule has 6 heteroatoms. The molecule has 0 saturated carbocycles. The summed E-state index contributed by atoms with van der Waals surface area (Å²) < 4.78 is 18.8. The van der Waals surface area contributed by atoms with Crippen molar-refractivity contribution in [2.75, 3.05) is 19.7 Å². The van der Waals surface area contributed by atoms with Gasteiger partial charge in [-0.1, -0.05) is 12.1 Å². The maximum atomic E-state index is 13.5. The molecular weight excluding hydrogens is 253 g/mol. The Morgan fingerprint density at radius 1 is 1.42 bits per heavy atom. The van der Waals surface area contributed by atoms with Crippen LogP contribution in [0.25, 0.3) is 0 Å². The molecule has 0 radical (unpaired) electrons. The molecule has 2 rings (SSSR count). The zero-order valence-electron chi connectivity index (χ0n) is 10.2. The van der Waals surface area contributed by atoms with Crippen molar-refractivity contribution >= 4 is 11.9 Å². The number of ether oxygens (including phenoxy) is 1. The van der Waals surface area contributed by atoms with Crippen LogP contribution >= 0.6 is 0 Å². The molecule has 1 unspecified atom stereocenters. The van der Waals surface area contributed by atoms with Crippen molar-refractivity contribution in [2.45, 2.75) is 12.5 Å². The maximum absolute atomic E-state index is 13.5. The van der Waals surface area contributed by atoms with Crippen molar-refractivity contribution in [3.63, 3.8) is 0 Å². The largest absolute Gasteiger partial charge is 0.481 e. The van der Waals surface area contributed by atoms with Gasteiger partial charge in [0.2, 0.25) is 0 Å². The van der Waals surface area contributed by atoms with E-state index in [0.29, 0.717) is 6.54 Å². The minimum absolute atomic E-state index is 0.00141. The van der Waals surface area contributed by atoms with Gasteiger partial charge in [0.1, 0.15) is 5.82 Å². The van der Waals surface area contributed by atoms with E-state index >= 15 is 0 Å². The van der Waals surface area contributed by atoms with Crippen LogP contribution in [0.2, 0.25) is 0 Å². The van der Waals surface area contributed by atoms with E-state index in [1.807, 2.05) is 0 Å². The first-order valence-electron chi connectivity index (χ1n) is 5.95. The highest BCUT2D eigenvalue weighted by atomic mass is 19.1. The number of amides is 1. The van der Waals surface area contributed by atoms with Gasteiger partial charge in [-0.3, -0.25) is 9.59 Å². The molecule has 5 nitrogen and oxygen atoms in total. The van der Waals surface area contributed by atoms with Gasteiger partial charge < -0.3 is 14.7 Å². The second kappa shape index (κ2) is 5.79. The molecule has 1 atom stereocenters. The average Bonchev–Trinajstić information content (AvgIpc) is 2.38. The maximum Gasteiger partial charge on any atom is 0.306 e. The van der Waals surface area contributed by atoms with Gasteiger partial charge in [-0.05, 0) is 12.1 Å². The first kappa shape index (κ1) is 13.5. The molecule has 1 fully saturated rings. The van der Waals surface area contributed by atoms with Gasteiger partial charge in [-0.25, -0.2) is 4.39 Å². The van der Waals surface area contributed by atoms with Crippen LogP contribution in [0.4, 0.5) is 4.39 Å². The number of hydrogen-bond donors (Lipinski definition) is 1. The Bertz CT molecular complexity index is 491. The van der Waals surface area contributed by atoms with Crippen LogP contribution in [0.1, 0.15) is 16.8 Å². The monoisotopic (exact) mass is 267 g/mol. The number of carbonyl (C=O) groups excluding carboxylic acids is 1. The highest BCUT2D eigenvalue weighted by Gasteiger charge is 2.27. The highest BCUT2D eigenvalue weighted by Crippen LogP contribution is 2.14. The summed E-state index contributed by atoms with van der Waals surface area (Å²) in [6.45, 7) is 0.765. The Morgan fingerprint density at radius 2 is 2.16 bits per heavy atom. The Hall–Kier alpha value is -1.95. The predicted octanol–water partition coefficient (Wildman–Crippen LogP) is 1.14. The molecule has 19 heavy (non-hydrogen) atoms. The normalized spacial score (nSPS) is 19.2. The van der Waals surface area contributed by atoms with Gasteiger partial charge in [0, 0.05) is 13.1 Å². The van der Waals surface area contributed by atoms with E-state index in [0.717, 1.165) is 0 Å². The van der Waals surface area contributed by atoms with Crippen molar-refractivity contribution in [1.29, 1.82) is 0 Å². The van der Waals surface area contributed by atoms with Crippen molar-refractivity contribution in [1.82, 2.24) is 4.90 Å². The quantitative estimate of drug-likeness (QED) is 0.891. The summed E-state index contributed by atoms with van der Waals surface area (Å²) in [5.41, 5.74) is -0.00141. The van der Waals surface area contributed by atoms with E-state index in [-0.39, 0.29) is 25.1 Å². The summed E-state index contributed by atoms with van der Waals surface area (Å²) in [5, 5.41) is 8.71. The number of morpholine rings is 1. The van der Waals surface area contributed by atoms with Crippen molar-refractivity contribution < 1.29 is 23.8 Å². The van der Waals surface area contributed by atoms with Crippen molar-refractivity contribution in [2.24, 2.45) is 0 Å². The van der Waals surface area contributed by atoms with Crippen LogP contribution < -0.4 is 0 Å². The van der Waals surface area contributed by atoms with Gasteiger partial charge in [-0.2, -0.15) is 0 Å². The molecule has 1 N–H and O–H groups in total. The number of nitrogens with zero attached hydrogens (tertiary/aromatic N) is 1. The smallest absolute Gasteiger partial charge is 0.306 e. The number of carboxylic acids is 1. The second-order valence-electron chi connectivity index (χ2n) is 4.32. The fourth-order valence-electron chi connectivity index (χ4n) is 2.03. The summed E-state index contributed by atoms with van der Waals surface area (Å²) in [6.07, 6.45) is -0.705. The third-order valence-corrected chi connectivity index (χ3v) is 2.93. The van der Waals surface area contributed by atoms with Crippen molar-refractivity contribution in [3.8, 4) is 0 Å². The lowest BCUT2D eigenvalue weighted by atomic mass is 10.1. The van der Waals surface area contributed by atoms with Gasteiger partial charge >= 0.3 is 5.97 Å². The summed E-state index contributed by atoms with van der Waals surface area (Å²) >= 11 is 0. The number of hydrogen-bond acceptors (Lipinski definition) is 3. The molecule has 0 aliphatic carbocycles. The number of carbonyl (C=O) groups is 2. The first-order valence-corrected chi connectivity index (χ1v) is 5.95. The van der Waals surface area contributed by atoms with Crippen LogP contribution in [0.5, 0.6) is 0 Å². The number of benzene rings is 1. The Labute approximate surface area is 109 Å². The van der Waals surface area contributed by atoms with Crippen LogP contribution in [0.3, 0.4) is 0 Å². The van der Waals surface area contributed by atoms with E-state index in [2.05, 4.69) is 0 Å². The first-order chi connectivity index (χ1) is 9.08.